The van der Waals surface area contributed by atoms with Crippen LogP contribution in [0.1, 0.15) is 16.1 Å². The monoisotopic (exact) mass is 333 g/mol. The van der Waals surface area contributed by atoms with Crippen molar-refractivity contribution in [2.75, 3.05) is 5.32 Å². The molecule has 0 spiro atoms. The minimum Gasteiger partial charge on any atom is -0.451 e. The average Bonchev–Trinajstić information content (AvgIpc) is 2.55. The smallest absolute Gasteiger partial charge is 0.449 e. The predicted molar refractivity (Wildman–Crippen MR) is 81.9 cm³/mol. The topological polar surface area (TPSA) is 59.3 Å². The highest BCUT2D eigenvalue weighted by Gasteiger charge is 2.34. The average molecular weight is 333 g/mol. The molecule has 3 rings (SSSR count). The Morgan fingerprint density at radius 2 is 1.71 bits per heavy atom. The second-order valence-electron chi connectivity index (χ2n) is 5.00. The SMILES string of the molecule is O=C(Nc1ccc2oc(C(F)(F)F)cc(=O)c2c1)c1ccccc1. The fourth-order valence-corrected chi connectivity index (χ4v) is 2.17. The zero-order valence-electron chi connectivity index (χ0n) is 12.1. The number of alkyl halides is 3. The molecule has 1 N–H and O–H groups in total. The van der Waals surface area contributed by atoms with Crippen LogP contribution in [0.4, 0.5) is 18.9 Å². The molecular weight excluding hydrogens is 323 g/mol. The third kappa shape index (κ3) is 3.15. The molecule has 0 fully saturated rings. The van der Waals surface area contributed by atoms with Gasteiger partial charge in [0.05, 0.1) is 5.39 Å². The van der Waals surface area contributed by atoms with E-state index < -0.39 is 23.3 Å². The van der Waals surface area contributed by atoms with Gasteiger partial charge in [-0.2, -0.15) is 13.2 Å². The summed E-state index contributed by atoms with van der Waals surface area (Å²) >= 11 is 0. The van der Waals surface area contributed by atoms with Gasteiger partial charge in [-0.25, -0.2) is 0 Å². The van der Waals surface area contributed by atoms with Gasteiger partial charge in [0.1, 0.15) is 5.58 Å². The van der Waals surface area contributed by atoms with E-state index in [4.69, 9.17) is 4.42 Å². The van der Waals surface area contributed by atoms with E-state index in [1.165, 1.54) is 18.2 Å². The van der Waals surface area contributed by atoms with Crippen molar-refractivity contribution in [1.29, 1.82) is 0 Å². The van der Waals surface area contributed by atoms with Crippen molar-refractivity contribution in [3.8, 4) is 0 Å². The molecule has 0 radical (unpaired) electrons. The fourth-order valence-electron chi connectivity index (χ4n) is 2.17. The van der Waals surface area contributed by atoms with E-state index in [0.29, 0.717) is 11.6 Å². The molecule has 1 aromatic heterocycles. The Hall–Kier alpha value is -3.09. The Labute approximate surface area is 133 Å². The van der Waals surface area contributed by atoms with Crippen LogP contribution in [0.25, 0.3) is 11.0 Å². The van der Waals surface area contributed by atoms with E-state index in [1.54, 1.807) is 30.3 Å². The molecule has 0 atom stereocenters. The van der Waals surface area contributed by atoms with Gasteiger partial charge >= 0.3 is 6.18 Å². The number of anilines is 1. The minimum absolute atomic E-state index is 0.0474. The highest BCUT2D eigenvalue weighted by atomic mass is 19.4. The summed E-state index contributed by atoms with van der Waals surface area (Å²) in [7, 11) is 0. The summed E-state index contributed by atoms with van der Waals surface area (Å²) in [6.07, 6.45) is -4.74. The summed E-state index contributed by atoms with van der Waals surface area (Å²) in [4.78, 5) is 23.9. The molecule has 0 saturated heterocycles. The van der Waals surface area contributed by atoms with Crippen LogP contribution in [0.2, 0.25) is 0 Å². The highest BCUT2D eigenvalue weighted by Crippen LogP contribution is 2.30. The molecule has 1 heterocycles. The first-order valence-electron chi connectivity index (χ1n) is 6.86. The molecule has 2 aromatic carbocycles. The van der Waals surface area contributed by atoms with Gasteiger partial charge in [-0.3, -0.25) is 9.59 Å². The van der Waals surface area contributed by atoms with Crippen molar-refractivity contribution in [2.24, 2.45) is 0 Å². The molecule has 7 heteroatoms. The van der Waals surface area contributed by atoms with E-state index in [-0.39, 0.29) is 16.7 Å². The lowest BCUT2D eigenvalue weighted by atomic mass is 10.1. The van der Waals surface area contributed by atoms with Gasteiger partial charge in [0, 0.05) is 17.3 Å². The summed E-state index contributed by atoms with van der Waals surface area (Å²) in [5.74, 6) is -1.76. The van der Waals surface area contributed by atoms with Gasteiger partial charge in [-0.15, -0.1) is 0 Å². The van der Waals surface area contributed by atoms with E-state index >= 15 is 0 Å². The number of nitrogens with one attached hydrogen (secondary N) is 1. The van der Waals surface area contributed by atoms with Crippen LogP contribution >= 0.6 is 0 Å². The number of hydrogen-bond donors (Lipinski definition) is 1. The van der Waals surface area contributed by atoms with Crippen LogP contribution in [-0.4, -0.2) is 5.91 Å². The number of hydrogen-bond acceptors (Lipinski definition) is 3. The van der Waals surface area contributed by atoms with Crippen LogP contribution < -0.4 is 10.7 Å². The van der Waals surface area contributed by atoms with E-state index in [2.05, 4.69) is 5.32 Å². The van der Waals surface area contributed by atoms with Crippen LogP contribution in [-0.2, 0) is 6.18 Å². The molecule has 0 saturated carbocycles. The number of benzene rings is 2. The number of amides is 1. The molecule has 1 amide bonds. The van der Waals surface area contributed by atoms with E-state index in [0.717, 1.165) is 0 Å². The third-order valence-corrected chi connectivity index (χ3v) is 3.30. The first-order valence-corrected chi connectivity index (χ1v) is 6.86. The summed E-state index contributed by atoms with van der Waals surface area (Å²) in [5, 5.41) is 2.53. The molecule has 122 valence electrons. The number of carbonyl (C=O) groups excluding carboxylic acids is 1. The zero-order valence-corrected chi connectivity index (χ0v) is 12.1. The largest absolute Gasteiger partial charge is 0.451 e. The predicted octanol–water partition coefficient (Wildman–Crippen LogP) is 4.06. The minimum atomic E-state index is -4.74. The third-order valence-electron chi connectivity index (χ3n) is 3.30. The molecule has 0 unspecified atom stereocenters. The highest BCUT2D eigenvalue weighted by molar-refractivity contribution is 6.04. The second kappa shape index (κ2) is 5.84. The summed E-state index contributed by atoms with van der Waals surface area (Å²) in [5.41, 5.74) is -0.340. The van der Waals surface area contributed by atoms with E-state index in [1.807, 2.05) is 0 Å². The summed E-state index contributed by atoms with van der Waals surface area (Å²) in [6, 6.07) is 12.6. The first-order chi connectivity index (χ1) is 11.3. The Kier molecular flexibility index (Phi) is 3.84. The van der Waals surface area contributed by atoms with Crippen molar-refractivity contribution in [3.63, 3.8) is 0 Å². The molecule has 0 aliphatic heterocycles. The fraction of sp³-hybridized carbons (Fsp3) is 0.0588. The van der Waals surface area contributed by atoms with Gasteiger partial charge in [-0.1, -0.05) is 18.2 Å². The van der Waals surface area contributed by atoms with Gasteiger partial charge in [0.15, 0.2) is 5.43 Å². The maximum absolute atomic E-state index is 12.6. The zero-order chi connectivity index (χ0) is 17.3. The van der Waals surface area contributed by atoms with Gasteiger partial charge < -0.3 is 9.73 Å². The first kappa shape index (κ1) is 15.8. The molecule has 24 heavy (non-hydrogen) atoms. The van der Waals surface area contributed by atoms with Crippen molar-refractivity contribution in [2.45, 2.75) is 6.18 Å². The maximum atomic E-state index is 12.6. The number of carbonyl (C=O) groups is 1. The molecule has 0 aliphatic rings. The van der Waals surface area contributed by atoms with Gasteiger partial charge in [0.25, 0.3) is 5.91 Å². The molecule has 0 aliphatic carbocycles. The van der Waals surface area contributed by atoms with Crippen LogP contribution in [0.5, 0.6) is 0 Å². The maximum Gasteiger partial charge on any atom is 0.449 e. The van der Waals surface area contributed by atoms with Crippen molar-refractivity contribution >= 4 is 22.6 Å². The number of fused-ring (bicyclic) bond motifs is 1. The normalized spacial score (nSPS) is 11.5. The lowest BCUT2D eigenvalue weighted by molar-refractivity contribution is -0.152. The van der Waals surface area contributed by atoms with Crippen LogP contribution in [0.3, 0.4) is 0 Å². The molecule has 4 nitrogen and oxygen atoms in total. The Morgan fingerprint density at radius 3 is 2.38 bits per heavy atom. The number of rotatable bonds is 2. The van der Waals surface area contributed by atoms with Crippen molar-refractivity contribution in [1.82, 2.24) is 0 Å². The summed E-state index contributed by atoms with van der Waals surface area (Å²) in [6.45, 7) is 0. The quantitative estimate of drug-likeness (QED) is 0.769. The summed E-state index contributed by atoms with van der Waals surface area (Å²) < 4.78 is 42.6. The van der Waals surface area contributed by atoms with Gasteiger partial charge in [-0.05, 0) is 30.3 Å². The van der Waals surface area contributed by atoms with Crippen LogP contribution in [0.15, 0.2) is 63.8 Å². The van der Waals surface area contributed by atoms with E-state index in [9.17, 15) is 22.8 Å². The molecule has 0 bridgehead atoms. The number of halogens is 3. The lowest BCUT2D eigenvalue weighted by Gasteiger charge is -2.08. The molecule has 3 aromatic rings. The Morgan fingerprint density at radius 1 is 1.00 bits per heavy atom. The Balaban J connectivity index is 1.96. The van der Waals surface area contributed by atoms with Crippen molar-refractivity contribution < 1.29 is 22.4 Å². The second-order valence-corrected chi connectivity index (χ2v) is 5.00. The Bertz CT molecular complexity index is 962. The van der Waals surface area contributed by atoms with Crippen LogP contribution in [0, 0.1) is 0 Å². The standard InChI is InChI=1S/C17H10F3NO3/c18-17(19,20)15-9-13(22)12-8-11(6-7-14(12)24-15)21-16(23)10-4-2-1-3-5-10/h1-9H,(H,21,23). The molecular formula is C17H10F3NO3. The van der Waals surface area contributed by atoms with Crippen molar-refractivity contribution in [3.05, 3.63) is 76.1 Å². The van der Waals surface area contributed by atoms with Gasteiger partial charge in [0.2, 0.25) is 5.76 Å². The lowest BCUT2D eigenvalue weighted by Crippen LogP contribution is -2.13.